The number of anilines is 1. The number of carbonyl (C=O) groups is 2. The van der Waals surface area contributed by atoms with E-state index in [1.165, 1.54) is 0 Å². The molecule has 0 radical (unpaired) electrons. The molecule has 2 aliphatic rings. The summed E-state index contributed by atoms with van der Waals surface area (Å²) in [5, 5.41) is 3.17. The van der Waals surface area contributed by atoms with Crippen molar-refractivity contribution in [3.8, 4) is 0 Å². The minimum Gasteiger partial charge on any atom is -0.341 e. The highest BCUT2D eigenvalue weighted by atomic mass is 32.2. The zero-order valence-corrected chi connectivity index (χ0v) is 13.6. The van der Waals surface area contributed by atoms with E-state index >= 15 is 0 Å². The van der Waals surface area contributed by atoms with Crippen molar-refractivity contribution in [2.24, 2.45) is 5.92 Å². The second-order valence-electron chi connectivity index (χ2n) is 5.79. The first-order chi connectivity index (χ1) is 10.7. The predicted octanol–water partition coefficient (Wildman–Crippen LogP) is 1.19. The third-order valence-corrected chi connectivity index (χ3v) is 5.28. The number of nitrogens with zero attached hydrogens (tertiary/aromatic N) is 2. The number of benzene rings is 1. The van der Waals surface area contributed by atoms with Crippen molar-refractivity contribution in [1.82, 2.24) is 10.2 Å². The van der Waals surface area contributed by atoms with Crippen molar-refractivity contribution in [1.29, 1.82) is 0 Å². The summed E-state index contributed by atoms with van der Waals surface area (Å²) in [6.07, 6.45) is 1.03. The van der Waals surface area contributed by atoms with Crippen LogP contribution >= 0.6 is 11.8 Å². The van der Waals surface area contributed by atoms with Crippen LogP contribution in [-0.4, -0.2) is 55.7 Å². The maximum absolute atomic E-state index is 12.5. The Hall–Kier alpha value is -1.53. The van der Waals surface area contributed by atoms with E-state index < -0.39 is 0 Å². The van der Waals surface area contributed by atoms with Gasteiger partial charge in [-0.3, -0.25) is 9.59 Å². The lowest BCUT2D eigenvalue weighted by Gasteiger charge is -2.30. The van der Waals surface area contributed by atoms with Gasteiger partial charge in [0.05, 0.1) is 11.4 Å². The molecule has 22 heavy (non-hydrogen) atoms. The van der Waals surface area contributed by atoms with Gasteiger partial charge in [-0.1, -0.05) is 12.1 Å². The van der Waals surface area contributed by atoms with Gasteiger partial charge in [0.2, 0.25) is 11.8 Å². The van der Waals surface area contributed by atoms with Gasteiger partial charge in [0.1, 0.15) is 6.54 Å². The zero-order valence-electron chi connectivity index (χ0n) is 12.7. The van der Waals surface area contributed by atoms with Crippen LogP contribution in [0.4, 0.5) is 5.69 Å². The van der Waals surface area contributed by atoms with Gasteiger partial charge in [-0.25, -0.2) is 0 Å². The SMILES string of the molecule is CNCC1CCN(C(=O)CN2C(=O)CSc3ccccc32)C1. The van der Waals surface area contributed by atoms with E-state index in [9.17, 15) is 9.59 Å². The summed E-state index contributed by atoms with van der Waals surface area (Å²) in [6, 6.07) is 7.79. The molecule has 118 valence electrons. The molecule has 1 atom stereocenters. The topological polar surface area (TPSA) is 52.7 Å². The Labute approximate surface area is 135 Å². The molecule has 0 spiro atoms. The van der Waals surface area contributed by atoms with Crippen molar-refractivity contribution in [3.05, 3.63) is 24.3 Å². The van der Waals surface area contributed by atoms with Crippen molar-refractivity contribution < 1.29 is 9.59 Å². The largest absolute Gasteiger partial charge is 0.341 e. The molecule has 0 aliphatic carbocycles. The predicted molar refractivity (Wildman–Crippen MR) is 88.1 cm³/mol. The number of fused-ring (bicyclic) bond motifs is 1. The average molecular weight is 319 g/mol. The molecule has 1 aromatic rings. The van der Waals surface area contributed by atoms with Crippen LogP contribution in [0.15, 0.2) is 29.2 Å². The maximum Gasteiger partial charge on any atom is 0.242 e. The number of amides is 2. The fraction of sp³-hybridized carbons (Fsp3) is 0.500. The van der Waals surface area contributed by atoms with Gasteiger partial charge in [-0.15, -0.1) is 11.8 Å². The molecule has 6 heteroatoms. The molecule has 1 unspecified atom stereocenters. The van der Waals surface area contributed by atoms with Crippen LogP contribution < -0.4 is 10.2 Å². The van der Waals surface area contributed by atoms with Gasteiger partial charge in [-0.05, 0) is 38.1 Å². The van der Waals surface area contributed by atoms with Gasteiger partial charge in [0.15, 0.2) is 0 Å². The highest BCUT2D eigenvalue weighted by molar-refractivity contribution is 8.00. The molecule has 0 bridgehead atoms. The minimum absolute atomic E-state index is 0.0167. The molecule has 1 saturated heterocycles. The summed E-state index contributed by atoms with van der Waals surface area (Å²) in [7, 11) is 1.94. The molecule has 0 saturated carbocycles. The first-order valence-electron chi connectivity index (χ1n) is 7.63. The van der Waals surface area contributed by atoms with Crippen LogP contribution in [0, 0.1) is 5.92 Å². The van der Waals surface area contributed by atoms with Gasteiger partial charge in [-0.2, -0.15) is 0 Å². The lowest BCUT2D eigenvalue weighted by atomic mass is 10.1. The van der Waals surface area contributed by atoms with E-state index in [1.54, 1.807) is 16.7 Å². The molecule has 1 fully saturated rings. The second kappa shape index (κ2) is 6.71. The van der Waals surface area contributed by atoms with Gasteiger partial charge < -0.3 is 15.1 Å². The van der Waals surface area contributed by atoms with Gasteiger partial charge in [0.25, 0.3) is 0 Å². The fourth-order valence-electron chi connectivity index (χ4n) is 3.08. The Bertz CT molecular complexity index is 578. The van der Waals surface area contributed by atoms with Crippen molar-refractivity contribution >= 4 is 29.3 Å². The van der Waals surface area contributed by atoms with Crippen LogP contribution in [0.2, 0.25) is 0 Å². The summed E-state index contributed by atoms with van der Waals surface area (Å²) >= 11 is 1.54. The molecule has 2 heterocycles. The van der Waals surface area contributed by atoms with E-state index in [1.807, 2.05) is 36.2 Å². The Morgan fingerprint density at radius 2 is 2.23 bits per heavy atom. The fourth-order valence-corrected chi connectivity index (χ4v) is 4.01. The molecule has 1 N–H and O–H groups in total. The lowest BCUT2D eigenvalue weighted by Crippen LogP contribution is -2.44. The van der Waals surface area contributed by atoms with Crippen LogP contribution in [0.5, 0.6) is 0 Å². The van der Waals surface area contributed by atoms with E-state index in [0.29, 0.717) is 11.7 Å². The molecule has 5 nitrogen and oxygen atoms in total. The third kappa shape index (κ3) is 3.13. The molecular weight excluding hydrogens is 298 g/mol. The smallest absolute Gasteiger partial charge is 0.242 e. The van der Waals surface area contributed by atoms with Crippen LogP contribution in [0.3, 0.4) is 0 Å². The number of carbonyl (C=O) groups excluding carboxylic acids is 2. The standard InChI is InChI=1S/C16H21N3O2S/c1-17-8-12-6-7-18(9-12)15(20)10-19-13-4-2-3-5-14(13)22-11-16(19)21/h2-5,12,17H,6-11H2,1H3. The zero-order chi connectivity index (χ0) is 15.5. The first kappa shape index (κ1) is 15.4. The van der Waals surface area contributed by atoms with Gasteiger partial charge in [0, 0.05) is 18.0 Å². The molecule has 3 rings (SSSR count). The summed E-state index contributed by atoms with van der Waals surface area (Å²) in [5.41, 5.74) is 0.864. The van der Waals surface area contributed by atoms with Crippen LogP contribution in [0.1, 0.15) is 6.42 Å². The number of hydrogen-bond donors (Lipinski definition) is 1. The Morgan fingerprint density at radius 3 is 3.05 bits per heavy atom. The minimum atomic E-state index is 0.0167. The maximum atomic E-state index is 12.5. The normalized spacial score (nSPS) is 21.1. The second-order valence-corrected chi connectivity index (χ2v) is 6.81. The van der Waals surface area contributed by atoms with Gasteiger partial charge >= 0.3 is 0 Å². The number of para-hydroxylation sites is 1. The molecular formula is C16H21N3O2S. The number of rotatable bonds is 4. The Balaban J connectivity index is 1.68. The highest BCUT2D eigenvalue weighted by Gasteiger charge is 2.30. The lowest BCUT2D eigenvalue weighted by molar-refractivity contribution is -0.130. The van der Waals surface area contributed by atoms with Crippen LogP contribution in [-0.2, 0) is 9.59 Å². The van der Waals surface area contributed by atoms with E-state index in [-0.39, 0.29) is 18.4 Å². The first-order valence-corrected chi connectivity index (χ1v) is 8.62. The number of nitrogens with one attached hydrogen (secondary N) is 1. The molecule has 2 amide bonds. The van der Waals surface area contributed by atoms with E-state index in [4.69, 9.17) is 0 Å². The third-order valence-electron chi connectivity index (χ3n) is 4.23. The molecule has 2 aliphatic heterocycles. The van der Waals surface area contributed by atoms with Crippen molar-refractivity contribution in [3.63, 3.8) is 0 Å². The summed E-state index contributed by atoms with van der Waals surface area (Å²) in [4.78, 5) is 29.3. The van der Waals surface area contributed by atoms with E-state index in [0.717, 1.165) is 36.6 Å². The summed E-state index contributed by atoms with van der Waals surface area (Å²) < 4.78 is 0. The Morgan fingerprint density at radius 1 is 1.41 bits per heavy atom. The number of hydrogen-bond acceptors (Lipinski definition) is 4. The van der Waals surface area contributed by atoms with Crippen molar-refractivity contribution in [2.75, 3.05) is 43.9 Å². The summed E-state index contributed by atoms with van der Waals surface area (Å²) in [6.45, 7) is 2.68. The van der Waals surface area contributed by atoms with Crippen LogP contribution in [0.25, 0.3) is 0 Å². The molecule has 1 aromatic carbocycles. The molecule has 0 aromatic heterocycles. The number of likely N-dealkylation sites (tertiary alicyclic amines) is 1. The van der Waals surface area contributed by atoms with Crippen molar-refractivity contribution in [2.45, 2.75) is 11.3 Å². The average Bonchev–Trinajstić information content (AvgIpc) is 2.99. The quantitative estimate of drug-likeness (QED) is 0.906. The highest BCUT2D eigenvalue weighted by Crippen LogP contribution is 2.34. The number of thioether (sulfide) groups is 1. The Kier molecular flexibility index (Phi) is 4.69. The monoisotopic (exact) mass is 319 g/mol. The van der Waals surface area contributed by atoms with E-state index in [2.05, 4.69) is 5.32 Å². The summed E-state index contributed by atoms with van der Waals surface area (Å²) in [5.74, 6) is 0.998.